The molecular weight excluding hydrogens is 430 g/mol. The normalized spacial score (nSPS) is 11.1. The molecule has 1 heterocycles. The summed E-state index contributed by atoms with van der Waals surface area (Å²) in [5.74, 6) is -0.499. The molecular formula is C19H26BrN3O5. The predicted molar refractivity (Wildman–Crippen MR) is 108 cm³/mol. The van der Waals surface area contributed by atoms with E-state index in [1.807, 2.05) is 0 Å². The molecule has 0 amide bonds. The summed E-state index contributed by atoms with van der Waals surface area (Å²) in [7, 11) is 0. The van der Waals surface area contributed by atoms with Crippen LogP contribution in [0.1, 0.15) is 39.8 Å². The highest BCUT2D eigenvalue weighted by Crippen LogP contribution is 2.39. The number of carbonyl (C=O) groups excluding carboxylic acids is 1. The van der Waals surface area contributed by atoms with Gasteiger partial charge in [0.25, 0.3) is 0 Å². The van der Waals surface area contributed by atoms with Gasteiger partial charge >= 0.3 is 5.97 Å². The second-order valence-corrected chi connectivity index (χ2v) is 6.85. The van der Waals surface area contributed by atoms with Crippen LogP contribution in [0.5, 0.6) is 0 Å². The van der Waals surface area contributed by atoms with Crippen molar-refractivity contribution in [2.75, 3.05) is 19.7 Å². The van der Waals surface area contributed by atoms with Crippen molar-refractivity contribution in [3.05, 3.63) is 44.7 Å². The van der Waals surface area contributed by atoms with Crippen LogP contribution in [0, 0.1) is 0 Å². The molecule has 0 unspecified atom stereocenters. The summed E-state index contributed by atoms with van der Waals surface area (Å²) >= 11 is 3.49. The highest BCUT2D eigenvalue weighted by Gasteiger charge is 2.25. The van der Waals surface area contributed by atoms with E-state index in [9.17, 15) is 20.1 Å². The average Bonchev–Trinajstić information content (AvgIpc) is 3.03. The topological polar surface area (TPSA) is 141 Å². The van der Waals surface area contributed by atoms with E-state index in [0.717, 1.165) is 0 Å². The Morgan fingerprint density at radius 3 is 2.50 bits per heavy atom. The highest BCUT2D eigenvalue weighted by molar-refractivity contribution is 9.10. The van der Waals surface area contributed by atoms with E-state index >= 15 is 0 Å². The summed E-state index contributed by atoms with van der Waals surface area (Å²) < 4.78 is 5.62. The molecule has 28 heavy (non-hydrogen) atoms. The van der Waals surface area contributed by atoms with Crippen molar-refractivity contribution in [3.63, 3.8) is 0 Å². The molecule has 2 aromatic rings. The summed E-state index contributed by atoms with van der Waals surface area (Å²) in [5.41, 5.74) is 9.33. The second-order valence-electron chi connectivity index (χ2n) is 6.06. The summed E-state index contributed by atoms with van der Waals surface area (Å²) in [5, 5.41) is 32.4. The molecule has 1 aromatic heterocycles. The molecule has 8 nitrogen and oxygen atoms in total. The number of esters is 1. The third kappa shape index (κ3) is 4.62. The molecule has 0 spiro atoms. The number of aliphatic hydroxyl groups excluding tert-OH is 3. The Balaban J connectivity index is 2.67. The summed E-state index contributed by atoms with van der Waals surface area (Å²) in [6.07, 6.45) is 0. The van der Waals surface area contributed by atoms with Crippen LogP contribution in [0.25, 0.3) is 11.1 Å². The van der Waals surface area contributed by atoms with Crippen LogP contribution in [-0.2, 0) is 31.1 Å². The van der Waals surface area contributed by atoms with Gasteiger partial charge in [0, 0.05) is 30.9 Å². The van der Waals surface area contributed by atoms with E-state index < -0.39 is 5.97 Å². The van der Waals surface area contributed by atoms with E-state index in [0.29, 0.717) is 57.6 Å². The van der Waals surface area contributed by atoms with E-state index in [1.54, 1.807) is 19.1 Å². The van der Waals surface area contributed by atoms with Crippen molar-refractivity contribution in [2.24, 2.45) is 5.73 Å². The van der Waals surface area contributed by atoms with Crippen LogP contribution >= 0.6 is 15.9 Å². The largest absolute Gasteiger partial charge is 0.461 e. The first-order valence-corrected chi connectivity index (χ1v) is 9.77. The van der Waals surface area contributed by atoms with Gasteiger partial charge in [-0.05, 0) is 45.1 Å². The molecule has 7 N–H and O–H groups in total. The number of hydrogen-bond donors (Lipinski definition) is 6. The maximum absolute atomic E-state index is 12.3. The molecule has 0 radical (unpaired) electrons. The first-order chi connectivity index (χ1) is 13.5. The summed E-state index contributed by atoms with van der Waals surface area (Å²) in [6, 6.07) is 3.45. The Bertz CT molecular complexity index is 822. The van der Waals surface area contributed by atoms with Crippen molar-refractivity contribution in [2.45, 2.75) is 33.3 Å². The minimum absolute atomic E-state index is 0.238. The Morgan fingerprint density at radius 1 is 1.21 bits per heavy atom. The van der Waals surface area contributed by atoms with Gasteiger partial charge in [-0.3, -0.25) is 0 Å². The summed E-state index contributed by atoms with van der Waals surface area (Å²) in [4.78, 5) is 15.4. The zero-order valence-corrected chi connectivity index (χ0v) is 17.3. The van der Waals surface area contributed by atoms with Crippen molar-refractivity contribution in [1.82, 2.24) is 10.3 Å². The first-order valence-electron chi connectivity index (χ1n) is 8.98. The molecule has 0 fully saturated rings. The lowest BCUT2D eigenvalue weighted by Crippen LogP contribution is -2.22. The van der Waals surface area contributed by atoms with Gasteiger partial charge in [-0.25, -0.2) is 4.79 Å². The monoisotopic (exact) mass is 455 g/mol. The quantitative estimate of drug-likeness (QED) is 0.233. The van der Waals surface area contributed by atoms with Gasteiger partial charge in [0.15, 0.2) is 0 Å². The van der Waals surface area contributed by atoms with Crippen LogP contribution in [0.4, 0.5) is 0 Å². The maximum atomic E-state index is 12.3. The Morgan fingerprint density at radius 2 is 1.93 bits per heavy atom. The lowest BCUT2D eigenvalue weighted by molar-refractivity contribution is 0.0519. The number of benzene rings is 1. The van der Waals surface area contributed by atoms with Gasteiger partial charge < -0.3 is 36.1 Å². The molecule has 0 aliphatic heterocycles. The smallest absolute Gasteiger partial charge is 0.355 e. The number of aromatic amines is 1. The standard InChI is InChI=1S/C19H26BrN3O5/c1-2-28-19(27)18-17(20)16(15(23-18)7-22-6-5-21)12-4-3-11(8-24)13(9-25)14(12)10-26/h3-4,22-26H,2,5-10,21H2,1H3. The minimum Gasteiger partial charge on any atom is -0.461 e. The minimum atomic E-state index is -0.499. The van der Waals surface area contributed by atoms with E-state index in [1.165, 1.54) is 0 Å². The van der Waals surface area contributed by atoms with Crippen LogP contribution in [0.15, 0.2) is 16.6 Å². The second kappa shape index (κ2) is 10.7. The highest BCUT2D eigenvalue weighted by atomic mass is 79.9. The van der Waals surface area contributed by atoms with Crippen LogP contribution in [0.3, 0.4) is 0 Å². The predicted octanol–water partition coefficient (Wildman–Crippen LogP) is 1.15. The van der Waals surface area contributed by atoms with E-state index in [-0.39, 0.29) is 32.1 Å². The number of rotatable bonds is 10. The molecule has 0 aliphatic carbocycles. The fourth-order valence-electron chi connectivity index (χ4n) is 3.10. The van der Waals surface area contributed by atoms with Gasteiger partial charge in [-0.15, -0.1) is 0 Å². The van der Waals surface area contributed by atoms with Crippen LogP contribution < -0.4 is 11.1 Å². The number of carbonyl (C=O) groups is 1. The first kappa shape index (κ1) is 22.5. The third-order valence-corrected chi connectivity index (χ3v) is 5.20. The molecule has 0 saturated carbocycles. The lowest BCUT2D eigenvalue weighted by atomic mass is 9.92. The van der Waals surface area contributed by atoms with Crippen molar-refractivity contribution >= 4 is 21.9 Å². The number of nitrogens with one attached hydrogen (secondary N) is 2. The molecule has 0 bridgehead atoms. The molecule has 0 atom stereocenters. The maximum Gasteiger partial charge on any atom is 0.355 e. The fourth-order valence-corrected chi connectivity index (χ4v) is 3.81. The van der Waals surface area contributed by atoms with Crippen LogP contribution in [0.2, 0.25) is 0 Å². The lowest BCUT2D eigenvalue weighted by Gasteiger charge is -2.16. The van der Waals surface area contributed by atoms with Gasteiger partial charge in [-0.1, -0.05) is 12.1 Å². The number of aliphatic hydroxyl groups is 3. The molecule has 154 valence electrons. The molecule has 0 aliphatic rings. The molecule has 2 rings (SSSR count). The van der Waals surface area contributed by atoms with Gasteiger partial charge in [0.2, 0.25) is 0 Å². The molecule has 9 heteroatoms. The van der Waals surface area contributed by atoms with Crippen LogP contribution in [-0.4, -0.2) is 46.0 Å². The fraction of sp³-hybridized carbons (Fsp3) is 0.421. The Kier molecular flexibility index (Phi) is 8.61. The molecule has 1 aromatic carbocycles. The summed E-state index contributed by atoms with van der Waals surface area (Å²) in [6.45, 7) is 2.51. The number of aromatic nitrogens is 1. The number of ether oxygens (including phenoxy) is 1. The van der Waals surface area contributed by atoms with Crippen molar-refractivity contribution < 1.29 is 24.9 Å². The third-order valence-electron chi connectivity index (χ3n) is 4.40. The van der Waals surface area contributed by atoms with Gasteiger partial charge in [0.1, 0.15) is 5.69 Å². The van der Waals surface area contributed by atoms with Gasteiger partial charge in [0.05, 0.1) is 30.9 Å². The number of hydrogen-bond acceptors (Lipinski definition) is 7. The zero-order valence-electron chi connectivity index (χ0n) is 15.7. The molecule has 0 saturated heterocycles. The number of halogens is 1. The van der Waals surface area contributed by atoms with E-state index in [2.05, 4.69) is 26.2 Å². The SMILES string of the molecule is CCOC(=O)c1[nH]c(CNCCN)c(-c2ccc(CO)c(CO)c2CO)c1Br. The Labute approximate surface area is 171 Å². The van der Waals surface area contributed by atoms with E-state index in [4.69, 9.17) is 10.5 Å². The zero-order chi connectivity index (χ0) is 20.7. The average molecular weight is 456 g/mol. The van der Waals surface area contributed by atoms with Crippen molar-refractivity contribution in [3.8, 4) is 11.1 Å². The number of nitrogens with two attached hydrogens (primary N) is 1. The number of H-pyrrole nitrogens is 1. The van der Waals surface area contributed by atoms with Gasteiger partial charge in [-0.2, -0.15) is 0 Å². The Hall–Kier alpha value is -1.75. The van der Waals surface area contributed by atoms with Crippen molar-refractivity contribution in [1.29, 1.82) is 0 Å².